The van der Waals surface area contributed by atoms with Crippen molar-refractivity contribution in [2.24, 2.45) is 0 Å². The summed E-state index contributed by atoms with van der Waals surface area (Å²) in [4.78, 5) is 3.92. The van der Waals surface area contributed by atoms with Gasteiger partial charge in [-0.3, -0.25) is 0 Å². The zero-order valence-electron chi connectivity index (χ0n) is 12.3. The van der Waals surface area contributed by atoms with Gasteiger partial charge in [-0.2, -0.15) is 0 Å². The molecule has 0 saturated carbocycles. The summed E-state index contributed by atoms with van der Waals surface area (Å²) in [7, 11) is 0. The molecule has 0 amide bonds. The van der Waals surface area contributed by atoms with E-state index in [0.29, 0.717) is 12.1 Å². The smallest absolute Gasteiger partial charge is 0.224 e. The number of benzene rings is 1. The van der Waals surface area contributed by atoms with Crippen LogP contribution in [0.1, 0.15) is 25.0 Å². The second-order valence-corrected chi connectivity index (χ2v) is 5.19. The Morgan fingerprint density at radius 1 is 1.24 bits per heavy atom. The van der Waals surface area contributed by atoms with Gasteiger partial charge in [0.25, 0.3) is 0 Å². The molecule has 112 valence electrons. The van der Waals surface area contributed by atoms with Crippen LogP contribution in [0.25, 0.3) is 0 Å². The Kier molecular flexibility index (Phi) is 4.85. The van der Waals surface area contributed by atoms with Gasteiger partial charge in [-0.25, -0.2) is 13.8 Å². The zero-order chi connectivity index (χ0) is 15.4. The lowest BCUT2D eigenvalue weighted by Crippen LogP contribution is -2.22. The van der Waals surface area contributed by atoms with Crippen LogP contribution in [0.2, 0.25) is 0 Å². The first-order chi connectivity index (χ1) is 9.95. The molecule has 2 aromatic rings. The Bertz CT molecular complexity index is 630. The Hall–Kier alpha value is -2.01. The van der Waals surface area contributed by atoms with Crippen molar-refractivity contribution in [1.29, 1.82) is 0 Å². The topological polar surface area (TPSA) is 34.1 Å². The molecule has 0 spiro atoms. The normalized spacial score (nSPS) is 11.0. The number of halogens is 2. The van der Waals surface area contributed by atoms with Crippen molar-refractivity contribution in [3.63, 3.8) is 0 Å². The van der Waals surface area contributed by atoms with Gasteiger partial charge >= 0.3 is 0 Å². The third-order valence-corrected chi connectivity index (χ3v) is 2.89. The van der Waals surface area contributed by atoms with E-state index in [1.54, 1.807) is 12.1 Å². The van der Waals surface area contributed by atoms with Gasteiger partial charge in [-0.05, 0) is 30.7 Å². The number of aromatic nitrogens is 1. The van der Waals surface area contributed by atoms with Crippen LogP contribution in [0.5, 0.6) is 11.6 Å². The highest BCUT2D eigenvalue weighted by Crippen LogP contribution is 2.27. The zero-order valence-corrected chi connectivity index (χ0v) is 12.3. The number of hydrogen-bond donors (Lipinski definition) is 1. The summed E-state index contributed by atoms with van der Waals surface area (Å²) in [5, 5.41) is 3.16. The van der Waals surface area contributed by atoms with Gasteiger partial charge in [0.1, 0.15) is 5.82 Å². The van der Waals surface area contributed by atoms with Crippen LogP contribution < -0.4 is 10.1 Å². The molecule has 1 aromatic carbocycles. The van der Waals surface area contributed by atoms with Crippen LogP contribution in [-0.4, -0.2) is 11.0 Å². The summed E-state index contributed by atoms with van der Waals surface area (Å²) < 4.78 is 32.6. The van der Waals surface area contributed by atoms with Gasteiger partial charge in [0.05, 0.1) is 6.20 Å². The third-order valence-electron chi connectivity index (χ3n) is 2.89. The number of ether oxygens (including phenoxy) is 1. The van der Waals surface area contributed by atoms with E-state index in [4.69, 9.17) is 4.74 Å². The largest absolute Gasteiger partial charge is 0.436 e. The average molecular weight is 292 g/mol. The minimum absolute atomic E-state index is 0.0832. The van der Waals surface area contributed by atoms with E-state index in [-0.39, 0.29) is 17.7 Å². The van der Waals surface area contributed by atoms with Crippen molar-refractivity contribution >= 4 is 0 Å². The number of aryl methyl sites for hydroxylation is 1. The molecule has 0 aliphatic carbocycles. The number of rotatable bonds is 5. The molecule has 0 radical (unpaired) electrons. The van der Waals surface area contributed by atoms with Gasteiger partial charge in [0.2, 0.25) is 5.88 Å². The average Bonchev–Trinajstić information content (AvgIpc) is 2.43. The summed E-state index contributed by atoms with van der Waals surface area (Å²) in [6.07, 6.45) is 1.06. The van der Waals surface area contributed by atoms with Gasteiger partial charge in [0.15, 0.2) is 11.6 Å². The molecule has 0 aliphatic heterocycles. The molecule has 21 heavy (non-hydrogen) atoms. The van der Waals surface area contributed by atoms with Gasteiger partial charge in [-0.1, -0.05) is 19.9 Å². The lowest BCUT2D eigenvalue weighted by atomic mass is 10.2. The Labute approximate surface area is 123 Å². The van der Waals surface area contributed by atoms with E-state index in [0.717, 1.165) is 11.8 Å². The first-order valence-corrected chi connectivity index (χ1v) is 6.77. The lowest BCUT2D eigenvalue weighted by molar-refractivity contribution is 0.416. The minimum Gasteiger partial charge on any atom is -0.436 e. The van der Waals surface area contributed by atoms with E-state index < -0.39 is 11.6 Å². The molecule has 5 heteroatoms. The summed E-state index contributed by atoms with van der Waals surface area (Å²) in [6, 6.07) is 6.14. The molecule has 2 rings (SSSR count). The molecule has 3 nitrogen and oxygen atoms in total. The van der Waals surface area contributed by atoms with E-state index >= 15 is 0 Å². The molecule has 0 atom stereocenters. The Morgan fingerprint density at radius 2 is 2.00 bits per heavy atom. The maximum absolute atomic E-state index is 13.7. The first kappa shape index (κ1) is 15.4. The van der Waals surface area contributed by atoms with Crippen LogP contribution >= 0.6 is 0 Å². The molecular weight excluding hydrogens is 274 g/mol. The number of pyridine rings is 1. The Balaban J connectivity index is 2.28. The van der Waals surface area contributed by atoms with Gasteiger partial charge in [0, 0.05) is 18.2 Å². The quantitative estimate of drug-likeness (QED) is 0.905. The van der Waals surface area contributed by atoms with E-state index in [2.05, 4.69) is 10.3 Å². The summed E-state index contributed by atoms with van der Waals surface area (Å²) in [5.41, 5.74) is 1.42. The lowest BCUT2D eigenvalue weighted by Gasteiger charge is -2.13. The molecular formula is C16H18F2N2O. The van der Waals surface area contributed by atoms with Gasteiger partial charge in [-0.15, -0.1) is 0 Å². The highest BCUT2D eigenvalue weighted by atomic mass is 19.1. The second kappa shape index (κ2) is 6.63. The molecule has 1 heterocycles. The van der Waals surface area contributed by atoms with E-state index in [1.165, 1.54) is 12.1 Å². The number of hydrogen-bond acceptors (Lipinski definition) is 3. The third kappa shape index (κ3) is 4.23. The maximum atomic E-state index is 13.7. The molecule has 0 aliphatic rings. The number of nitrogens with one attached hydrogen (secondary N) is 1. The molecule has 0 bridgehead atoms. The molecule has 0 fully saturated rings. The summed E-state index contributed by atoms with van der Waals surface area (Å²) >= 11 is 0. The first-order valence-electron chi connectivity index (χ1n) is 6.77. The highest BCUT2D eigenvalue weighted by molar-refractivity contribution is 5.35. The van der Waals surface area contributed by atoms with Crippen molar-refractivity contribution < 1.29 is 13.5 Å². The monoisotopic (exact) mass is 292 g/mol. The van der Waals surface area contributed by atoms with Crippen molar-refractivity contribution in [2.75, 3.05) is 0 Å². The molecule has 1 aromatic heterocycles. The van der Waals surface area contributed by atoms with Crippen molar-refractivity contribution in [2.45, 2.75) is 33.4 Å². The Morgan fingerprint density at radius 3 is 2.71 bits per heavy atom. The SMILES string of the molecule is Cc1ccc(F)c(Oc2ncc(F)cc2CNC(C)C)c1. The second-order valence-electron chi connectivity index (χ2n) is 5.19. The number of nitrogens with zero attached hydrogens (tertiary/aromatic N) is 1. The van der Waals surface area contributed by atoms with Crippen LogP contribution in [-0.2, 0) is 6.54 Å². The van der Waals surface area contributed by atoms with Crippen LogP contribution in [0.3, 0.4) is 0 Å². The van der Waals surface area contributed by atoms with E-state index in [1.807, 2.05) is 20.8 Å². The predicted octanol–water partition coefficient (Wildman–Crippen LogP) is 3.96. The van der Waals surface area contributed by atoms with Crippen LogP contribution in [0.4, 0.5) is 8.78 Å². The molecule has 0 unspecified atom stereocenters. The predicted molar refractivity (Wildman–Crippen MR) is 77.4 cm³/mol. The maximum Gasteiger partial charge on any atom is 0.224 e. The standard InChI is InChI=1S/C16H18F2N2O/c1-10(2)19-8-12-7-13(17)9-20-16(12)21-15-6-11(3)4-5-14(15)18/h4-7,9-10,19H,8H2,1-3H3. The summed E-state index contributed by atoms with van der Waals surface area (Å²) in [6.45, 7) is 6.19. The molecule has 0 saturated heterocycles. The fourth-order valence-electron chi connectivity index (χ4n) is 1.79. The molecule has 1 N–H and O–H groups in total. The summed E-state index contributed by atoms with van der Waals surface area (Å²) in [5.74, 6) is -0.643. The van der Waals surface area contributed by atoms with Gasteiger partial charge < -0.3 is 10.1 Å². The fraction of sp³-hybridized carbons (Fsp3) is 0.312. The van der Waals surface area contributed by atoms with E-state index in [9.17, 15) is 8.78 Å². The minimum atomic E-state index is -0.477. The van der Waals surface area contributed by atoms with Crippen LogP contribution in [0, 0.1) is 18.6 Å². The van der Waals surface area contributed by atoms with Crippen LogP contribution in [0.15, 0.2) is 30.5 Å². The fourth-order valence-corrected chi connectivity index (χ4v) is 1.79. The van der Waals surface area contributed by atoms with Crippen molar-refractivity contribution in [3.05, 3.63) is 53.2 Å². The van der Waals surface area contributed by atoms with Crippen molar-refractivity contribution in [1.82, 2.24) is 10.3 Å². The van der Waals surface area contributed by atoms with Crippen molar-refractivity contribution in [3.8, 4) is 11.6 Å². The highest BCUT2D eigenvalue weighted by Gasteiger charge is 2.12.